The monoisotopic (exact) mass is 410 g/mol. The van der Waals surface area contributed by atoms with Crippen LogP contribution in [0.5, 0.6) is 5.75 Å². The minimum atomic E-state index is -4.55. The van der Waals surface area contributed by atoms with Crippen molar-refractivity contribution in [2.75, 3.05) is 37.0 Å². The van der Waals surface area contributed by atoms with E-state index < -0.39 is 17.8 Å². The molecule has 1 aliphatic rings. The molecule has 3 rings (SSSR count). The van der Waals surface area contributed by atoms with E-state index in [1.165, 1.54) is 17.2 Å². The van der Waals surface area contributed by atoms with Crippen LogP contribution in [0.15, 0.2) is 24.4 Å². The van der Waals surface area contributed by atoms with Gasteiger partial charge in [0.1, 0.15) is 23.4 Å². The van der Waals surface area contributed by atoms with Crippen molar-refractivity contribution in [3.05, 3.63) is 35.8 Å². The van der Waals surface area contributed by atoms with Crippen molar-refractivity contribution in [3.63, 3.8) is 0 Å². The first kappa shape index (κ1) is 20.6. The molecule has 3 heterocycles. The fourth-order valence-electron chi connectivity index (χ4n) is 2.92. The first-order valence-corrected chi connectivity index (χ1v) is 8.94. The Balaban J connectivity index is 1.70. The van der Waals surface area contributed by atoms with Gasteiger partial charge in [-0.1, -0.05) is 0 Å². The molecule has 2 aromatic rings. The zero-order valence-corrected chi connectivity index (χ0v) is 16.0. The number of aromatic nitrogens is 3. The van der Waals surface area contributed by atoms with Crippen molar-refractivity contribution >= 4 is 17.7 Å². The molecule has 156 valence electrons. The molecule has 0 atom stereocenters. The van der Waals surface area contributed by atoms with Crippen LogP contribution in [0.1, 0.15) is 29.0 Å². The van der Waals surface area contributed by atoms with Gasteiger partial charge in [0.25, 0.3) is 5.91 Å². The van der Waals surface area contributed by atoms with Crippen LogP contribution >= 0.6 is 0 Å². The molecule has 1 amide bonds. The first-order chi connectivity index (χ1) is 13.6. The fraction of sp³-hybridized carbons (Fsp3) is 0.444. The average molecular weight is 410 g/mol. The van der Waals surface area contributed by atoms with Gasteiger partial charge in [-0.25, -0.2) is 4.98 Å². The summed E-state index contributed by atoms with van der Waals surface area (Å²) >= 11 is 0. The number of anilines is 2. The number of carbonyl (C=O) groups is 1. The summed E-state index contributed by atoms with van der Waals surface area (Å²) < 4.78 is 45.4. The van der Waals surface area contributed by atoms with E-state index in [1.54, 1.807) is 25.1 Å². The average Bonchev–Trinajstić information content (AvgIpc) is 2.67. The maximum absolute atomic E-state index is 13.2. The first-order valence-electron chi connectivity index (χ1n) is 8.94. The van der Waals surface area contributed by atoms with Crippen molar-refractivity contribution in [2.45, 2.75) is 25.1 Å². The van der Waals surface area contributed by atoms with Crippen LogP contribution in [0.25, 0.3) is 0 Å². The van der Waals surface area contributed by atoms with Crippen LogP contribution in [-0.2, 0) is 6.18 Å². The Morgan fingerprint density at radius 2 is 1.93 bits per heavy atom. The van der Waals surface area contributed by atoms with Crippen LogP contribution in [0, 0.1) is 0 Å². The quantitative estimate of drug-likeness (QED) is 0.806. The number of pyridine rings is 1. The molecule has 0 spiro atoms. The second-order valence-corrected chi connectivity index (χ2v) is 6.85. The smallest absolute Gasteiger partial charge is 0.433 e. The number of carbonyl (C=O) groups excluding carboxylic acids is 1. The third-order valence-electron chi connectivity index (χ3n) is 4.46. The summed E-state index contributed by atoms with van der Waals surface area (Å²) in [7, 11) is 3.25. The number of halogens is 3. The number of rotatable bonds is 5. The minimum absolute atomic E-state index is 0.0434. The number of hydrogen-bond donors (Lipinski definition) is 1. The van der Waals surface area contributed by atoms with E-state index in [0.717, 1.165) is 6.07 Å². The Bertz CT molecular complexity index is 882. The Labute approximate surface area is 165 Å². The lowest BCUT2D eigenvalue weighted by Gasteiger charge is -2.32. The zero-order valence-electron chi connectivity index (χ0n) is 16.0. The summed E-state index contributed by atoms with van der Waals surface area (Å²) in [6, 6.07) is 4.02. The largest absolute Gasteiger partial charge is 0.490 e. The summed E-state index contributed by atoms with van der Waals surface area (Å²) in [5.74, 6) is 0.0551. The number of alkyl halides is 3. The van der Waals surface area contributed by atoms with E-state index >= 15 is 0 Å². The number of ether oxygens (including phenoxy) is 1. The number of primary amides is 1. The Hall–Kier alpha value is -3.11. The summed E-state index contributed by atoms with van der Waals surface area (Å²) in [6.45, 7) is 0.874. The van der Waals surface area contributed by atoms with Gasteiger partial charge in [-0.05, 0) is 6.07 Å². The van der Waals surface area contributed by atoms with Crippen molar-refractivity contribution < 1.29 is 22.7 Å². The second kappa shape index (κ2) is 8.10. The maximum atomic E-state index is 13.2. The number of nitrogens with two attached hydrogens (primary N) is 1. The lowest BCUT2D eigenvalue weighted by atomic mass is 10.1. The van der Waals surface area contributed by atoms with E-state index in [0.29, 0.717) is 31.7 Å². The highest BCUT2D eigenvalue weighted by Crippen LogP contribution is 2.31. The molecular formula is C18H21F3N6O2. The predicted molar refractivity (Wildman–Crippen MR) is 100.0 cm³/mol. The molecule has 1 aliphatic heterocycles. The van der Waals surface area contributed by atoms with Gasteiger partial charge >= 0.3 is 6.18 Å². The molecule has 8 nitrogen and oxygen atoms in total. The molecule has 11 heteroatoms. The number of hydrogen-bond acceptors (Lipinski definition) is 7. The highest BCUT2D eigenvalue weighted by Gasteiger charge is 2.35. The molecule has 0 saturated carbocycles. The molecule has 29 heavy (non-hydrogen) atoms. The number of nitrogens with zero attached hydrogens (tertiary/aromatic N) is 5. The highest BCUT2D eigenvalue weighted by molar-refractivity contribution is 5.91. The maximum Gasteiger partial charge on any atom is 0.433 e. The van der Waals surface area contributed by atoms with Gasteiger partial charge in [0.15, 0.2) is 5.69 Å². The zero-order chi connectivity index (χ0) is 21.2. The van der Waals surface area contributed by atoms with Gasteiger partial charge in [-0.2, -0.15) is 18.2 Å². The lowest BCUT2D eigenvalue weighted by Crippen LogP contribution is -2.39. The van der Waals surface area contributed by atoms with Gasteiger partial charge < -0.3 is 20.3 Å². The molecule has 2 aromatic heterocycles. The van der Waals surface area contributed by atoms with Crippen molar-refractivity contribution in [2.24, 2.45) is 5.73 Å². The molecule has 1 fully saturated rings. The van der Waals surface area contributed by atoms with Crippen LogP contribution in [-0.4, -0.2) is 54.1 Å². The molecule has 0 unspecified atom stereocenters. The number of amides is 1. The van der Waals surface area contributed by atoms with E-state index in [4.69, 9.17) is 10.5 Å². The van der Waals surface area contributed by atoms with E-state index in [1.807, 2.05) is 0 Å². The Kier molecular flexibility index (Phi) is 5.76. The van der Waals surface area contributed by atoms with Crippen LogP contribution in [0.2, 0.25) is 0 Å². The minimum Gasteiger partial charge on any atom is -0.490 e. The lowest BCUT2D eigenvalue weighted by molar-refractivity contribution is -0.141. The van der Waals surface area contributed by atoms with Crippen molar-refractivity contribution in [3.8, 4) is 5.75 Å². The third kappa shape index (κ3) is 5.04. The van der Waals surface area contributed by atoms with Crippen LogP contribution in [0.4, 0.5) is 24.9 Å². The van der Waals surface area contributed by atoms with Crippen LogP contribution < -0.4 is 20.3 Å². The molecule has 0 aliphatic carbocycles. The van der Waals surface area contributed by atoms with E-state index in [-0.39, 0.29) is 23.6 Å². The van der Waals surface area contributed by atoms with Crippen molar-refractivity contribution in [1.82, 2.24) is 15.0 Å². The van der Waals surface area contributed by atoms with Crippen molar-refractivity contribution in [1.29, 1.82) is 0 Å². The van der Waals surface area contributed by atoms with Gasteiger partial charge in [0, 0.05) is 58.4 Å². The Morgan fingerprint density at radius 1 is 1.24 bits per heavy atom. The summed E-state index contributed by atoms with van der Waals surface area (Å²) in [5.41, 5.74) is 4.35. The number of piperidine rings is 1. The van der Waals surface area contributed by atoms with E-state index in [9.17, 15) is 18.0 Å². The summed E-state index contributed by atoms with van der Waals surface area (Å²) in [6.07, 6.45) is -2.16. The van der Waals surface area contributed by atoms with E-state index in [2.05, 4.69) is 15.0 Å². The molecule has 1 saturated heterocycles. The van der Waals surface area contributed by atoms with Gasteiger partial charge in [0.2, 0.25) is 5.95 Å². The molecule has 0 bridgehead atoms. The topological polar surface area (TPSA) is 97.5 Å². The van der Waals surface area contributed by atoms with Gasteiger partial charge in [-0.3, -0.25) is 9.78 Å². The molecule has 0 radical (unpaired) electrons. The molecule has 2 N–H and O–H groups in total. The highest BCUT2D eigenvalue weighted by atomic mass is 19.4. The molecular weight excluding hydrogens is 389 g/mol. The standard InChI is InChI=1S/C18H21F3N6O2/c1-26(2)15-10-14(18(19,20)21)24-17(25-15)27-7-4-11(5-8-27)29-12-3-6-23-13(9-12)16(22)28/h3,6,9-11H,4-5,7-8H2,1-2H3,(H2,22,28). The predicted octanol–water partition coefficient (Wildman–Crippen LogP) is 2.10. The Morgan fingerprint density at radius 3 is 2.52 bits per heavy atom. The van der Waals surface area contributed by atoms with Gasteiger partial charge in [-0.15, -0.1) is 0 Å². The SMILES string of the molecule is CN(C)c1cc(C(F)(F)F)nc(N2CCC(Oc3ccnc(C(N)=O)c3)CC2)n1. The fourth-order valence-corrected chi connectivity index (χ4v) is 2.92. The van der Waals surface area contributed by atoms with Gasteiger partial charge in [0.05, 0.1) is 0 Å². The summed E-state index contributed by atoms with van der Waals surface area (Å²) in [4.78, 5) is 26.3. The normalized spacial score (nSPS) is 15.3. The second-order valence-electron chi connectivity index (χ2n) is 6.85. The molecule has 0 aromatic carbocycles. The third-order valence-corrected chi connectivity index (χ3v) is 4.46. The summed E-state index contributed by atoms with van der Waals surface area (Å²) in [5, 5.41) is 0. The van der Waals surface area contributed by atoms with Crippen LogP contribution in [0.3, 0.4) is 0 Å².